The summed E-state index contributed by atoms with van der Waals surface area (Å²) >= 11 is 0. The summed E-state index contributed by atoms with van der Waals surface area (Å²) < 4.78 is 29.4. The van der Waals surface area contributed by atoms with Gasteiger partial charge in [-0.3, -0.25) is 4.90 Å². The van der Waals surface area contributed by atoms with Gasteiger partial charge in [-0.1, -0.05) is 18.2 Å². The minimum Gasteiger partial charge on any atom is -0.391 e. The summed E-state index contributed by atoms with van der Waals surface area (Å²) in [6.45, 7) is 4.19. The van der Waals surface area contributed by atoms with Crippen LogP contribution in [0.25, 0.3) is 11.0 Å². The van der Waals surface area contributed by atoms with Gasteiger partial charge in [0.05, 0.1) is 23.2 Å². The molecule has 1 aromatic heterocycles. The maximum atomic E-state index is 14.1. The number of imidazole rings is 1. The maximum Gasteiger partial charge on any atom is 0.130 e. The lowest BCUT2D eigenvalue weighted by atomic mass is 9.77. The van der Waals surface area contributed by atoms with Crippen molar-refractivity contribution in [2.45, 2.75) is 38.5 Å². The SMILES string of the molecule is Cc1nc2ccccc2n1[C@H]1C[C@H]2CN(Cc3ccc(F)cc3F)C[C@H]2C[C@@H]1O. The number of aryl methyl sites for hydroxylation is 1. The molecule has 0 bridgehead atoms. The highest BCUT2D eigenvalue weighted by Crippen LogP contribution is 2.43. The van der Waals surface area contributed by atoms with Gasteiger partial charge in [0, 0.05) is 31.3 Å². The van der Waals surface area contributed by atoms with Gasteiger partial charge in [0.25, 0.3) is 0 Å². The Balaban J connectivity index is 1.35. The zero-order chi connectivity index (χ0) is 20.1. The van der Waals surface area contributed by atoms with Gasteiger partial charge in [0.1, 0.15) is 17.5 Å². The summed E-state index contributed by atoms with van der Waals surface area (Å²) in [5.74, 6) is 0.748. The van der Waals surface area contributed by atoms with Gasteiger partial charge in [0.2, 0.25) is 0 Å². The third kappa shape index (κ3) is 3.34. The van der Waals surface area contributed by atoms with Gasteiger partial charge in [0.15, 0.2) is 0 Å². The van der Waals surface area contributed by atoms with E-state index < -0.39 is 17.7 Å². The molecule has 4 atom stereocenters. The topological polar surface area (TPSA) is 41.3 Å². The fourth-order valence-corrected chi connectivity index (χ4v) is 5.39. The fourth-order valence-electron chi connectivity index (χ4n) is 5.39. The van der Waals surface area contributed by atoms with Crippen molar-refractivity contribution in [1.29, 1.82) is 0 Å². The number of rotatable bonds is 3. The number of benzene rings is 2. The number of halogens is 2. The van der Waals surface area contributed by atoms with E-state index >= 15 is 0 Å². The molecular weight excluding hydrogens is 372 g/mol. The highest BCUT2D eigenvalue weighted by atomic mass is 19.1. The molecule has 1 aliphatic carbocycles. The van der Waals surface area contributed by atoms with E-state index in [9.17, 15) is 13.9 Å². The van der Waals surface area contributed by atoms with Crippen molar-refractivity contribution < 1.29 is 13.9 Å². The average molecular weight is 397 g/mol. The monoisotopic (exact) mass is 397 g/mol. The number of fused-ring (bicyclic) bond motifs is 2. The molecule has 2 heterocycles. The second-order valence-corrected chi connectivity index (χ2v) is 8.57. The Morgan fingerprint density at radius 3 is 2.62 bits per heavy atom. The van der Waals surface area contributed by atoms with E-state index in [-0.39, 0.29) is 6.04 Å². The third-order valence-corrected chi connectivity index (χ3v) is 6.70. The second-order valence-electron chi connectivity index (χ2n) is 8.57. The highest BCUT2D eigenvalue weighted by molar-refractivity contribution is 5.76. The van der Waals surface area contributed by atoms with E-state index in [1.165, 1.54) is 12.1 Å². The number of hydrogen-bond donors (Lipinski definition) is 1. The van der Waals surface area contributed by atoms with E-state index in [1.807, 2.05) is 25.1 Å². The molecule has 3 aromatic rings. The molecule has 1 saturated heterocycles. The van der Waals surface area contributed by atoms with Gasteiger partial charge in [-0.25, -0.2) is 13.8 Å². The molecule has 152 valence electrons. The minimum atomic E-state index is -0.546. The number of aliphatic hydroxyl groups excluding tert-OH is 1. The van der Waals surface area contributed by atoms with Gasteiger partial charge < -0.3 is 9.67 Å². The van der Waals surface area contributed by atoms with Crippen molar-refractivity contribution >= 4 is 11.0 Å². The Morgan fingerprint density at radius 1 is 1.07 bits per heavy atom. The van der Waals surface area contributed by atoms with E-state index in [2.05, 4.69) is 20.5 Å². The number of likely N-dealkylation sites (tertiary alicyclic amines) is 1. The summed E-state index contributed by atoms with van der Waals surface area (Å²) in [5.41, 5.74) is 2.55. The molecule has 0 amide bonds. The van der Waals surface area contributed by atoms with Gasteiger partial charge in [-0.15, -0.1) is 0 Å². The lowest BCUT2D eigenvalue weighted by molar-refractivity contribution is 0.0366. The van der Waals surface area contributed by atoms with Crippen LogP contribution in [0.15, 0.2) is 42.5 Å². The molecule has 29 heavy (non-hydrogen) atoms. The first-order valence-corrected chi connectivity index (χ1v) is 10.3. The predicted octanol–water partition coefficient (Wildman–Crippen LogP) is 4.07. The zero-order valence-electron chi connectivity index (χ0n) is 16.4. The Morgan fingerprint density at radius 2 is 1.83 bits per heavy atom. The van der Waals surface area contributed by atoms with Crippen molar-refractivity contribution in [3.8, 4) is 0 Å². The van der Waals surface area contributed by atoms with Crippen LogP contribution in [-0.4, -0.2) is 38.8 Å². The number of aromatic nitrogens is 2. The van der Waals surface area contributed by atoms with Crippen LogP contribution >= 0.6 is 0 Å². The minimum absolute atomic E-state index is 0.00570. The quantitative estimate of drug-likeness (QED) is 0.725. The van der Waals surface area contributed by atoms with Crippen LogP contribution < -0.4 is 0 Å². The number of aliphatic hydroxyl groups is 1. The first-order valence-electron chi connectivity index (χ1n) is 10.3. The van der Waals surface area contributed by atoms with Crippen LogP contribution in [0.3, 0.4) is 0 Å². The molecule has 1 aliphatic heterocycles. The third-order valence-electron chi connectivity index (χ3n) is 6.70. The molecule has 6 heteroatoms. The van der Waals surface area contributed by atoms with Crippen LogP contribution in [0.5, 0.6) is 0 Å². The zero-order valence-corrected chi connectivity index (χ0v) is 16.4. The van der Waals surface area contributed by atoms with Crippen molar-refractivity contribution in [2.24, 2.45) is 11.8 Å². The van der Waals surface area contributed by atoms with E-state index in [0.29, 0.717) is 23.9 Å². The standard InChI is InChI=1S/C23H25F2N3O/c1-14-26-20-4-2-3-5-21(20)28(14)22-8-16-12-27(13-17(16)9-23(22)29)11-15-6-7-18(24)10-19(15)25/h2-7,10,16-17,22-23,29H,8-9,11-13H2,1H3/t16-,17+,22-,23-/m0/s1. The smallest absolute Gasteiger partial charge is 0.130 e. The molecule has 1 N–H and O–H groups in total. The maximum absolute atomic E-state index is 14.1. The van der Waals surface area contributed by atoms with E-state index in [0.717, 1.165) is 48.9 Å². The Kier molecular flexibility index (Phi) is 4.63. The van der Waals surface area contributed by atoms with Crippen LogP contribution in [0, 0.1) is 30.4 Å². The molecule has 2 aliphatic rings. The van der Waals surface area contributed by atoms with Gasteiger partial charge in [-0.05, 0) is 49.8 Å². The van der Waals surface area contributed by atoms with Crippen molar-refractivity contribution in [1.82, 2.24) is 14.5 Å². The lowest BCUT2D eigenvalue weighted by Crippen LogP contribution is -2.36. The second kappa shape index (κ2) is 7.18. The van der Waals surface area contributed by atoms with Gasteiger partial charge >= 0.3 is 0 Å². The average Bonchev–Trinajstić information content (AvgIpc) is 3.22. The summed E-state index contributed by atoms with van der Waals surface area (Å²) in [6, 6.07) is 11.9. The van der Waals surface area contributed by atoms with Crippen LogP contribution in [0.1, 0.15) is 30.3 Å². The first kappa shape index (κ1) is 18.7. The molecule has 0 spiro atoms. The van der Waals surface area contributed by atoms with Crippen molar-refractivity contribution in [2.75, 3.05) is 13.1 Å². The summed E-state index contributed by atoms with van der Waals surface area (Å²) in [7, 11) is 0. The van der Waals surface area contributed by atoms with E-state index in [4.69, 9.17) is 0 Å². The van der Waals surface area contributed by atoms with Crippen molar-refractivity contribution in [3.05, 3.63) is 65.5 Å². The van der Waals surface area contributed by atoms with E-state index in [1.54, 1.807) is 0 Å². The Bertz CT molecular complexity index is 1050. The largest absolute Gasteiger partial charge is 0.391 e. The number of para-hydroxylation sites is 2. The van der Waals surface area contributed by atoms with Gasteiger partial charge in [-0.2, -0.15) is 0 Å². The Labute approximate surface area is 168 Å². The van der Waals surface area contributed by atoms with Crippen molar-refractivity contribution in [3.63, 3.8) is 0 Å². The first-order chi connectivity index (χ1) is 14.0. The highest BCUT2D eigenvalue weighted by Gasteiger charge is 2.43. The Hall–Kier alpha value is -2.31. The molecule has 2 fully saturated rings. The normalized spacial score (nSPS) is 27.4. The molecule has 0 unspecified atom stereocenters. The molecular formula is C23H25F2N3O. The predicted molar refractivity (Wildman–Crippen MR) is 107 cm³/mol. The molecule has 5 rings (SSSR count). The summed E-state index contributed by atoms with van der Waals surface area (Å²) in [5, 5.41) is 11.0. The summed E-state index contributed by atoms with van der Waals surface area (Å²) in [6.07, 6.45) is 1.20. The fraction of sp³-hybridized carbons (Fsp3) is 0.435. The number of nitrogens with zero attached hydrogens (tertiary/aromatic N) is 3. The molecule has 4 nitrogen and oxygen atoms in total. The molecule has 2 aromatic carbocycles. The van der Waals surface area contributed by atoms with Crippen LogP contribution in [0.2, 0.25) is 0 Å². The van der Waals surface area contributed by atoms with Crippen LogP contribution in [0.4, 0.5) is 8.78 Å². The lowest BCUT2D eigenvalue weighted by Gasteiger charge is -2.36. The number of hydrogen-bond acceptors (Lipinski definition) is 3. The molecule has 1 saturated carbocycles. The summed E-state index contributed by atoms with van der Waals surface area (Å²) in [4.78, 5) is 6.90. The van der Waals surface area contributed by atoms with Crippen LogP contribution in [-0.2, 0) is 6.54 Å². The molecule has 0 radical (unpaired) electrons.